The van der Waals surface area contributed by atoms with Gasteiger partial charge in [0, 0.05) is 54.5 Å². The second kappa shape index (κ2) is 12.2. The van der Waals surface area contributed by atoms with Gasteiger partial charge in [-0.05, 0) is 66.0 Å². The lowest BCUT2D eigenvalue weighted by Gasteiger charge is -2.15. The fraction of sp³-hybridized carbons (Fsp3) is 0. The number of hydrogen-bond donors (Lipinski definition) is 0. The van der Waals surface area contributed by atoms with E-state index in [-0.39, 0.29) is 0 Å². The van der Waals surface area contributed by atoms with E-state index in [1.54, 1.807) is 0 Å². The minimum absolute atomic E-state index is 0.827. The van der Waals surface area contributed by atoms with E-state index >= 15 is 0 Å². The Balaban J connectivity index is 1.06. The van der Waals surface area contributed by atoms with Crippen LogP contribution in [0.3, 0.4) is 0 Å². The first-order valence-corrected chi connectivity index (χ1v) is 20.0. The van der Waals surface area contributed by atoms with Crippen molar-refractivity contribution in [3.63, 3.8) is 0 Å². The molecule has 0 aliphatic carbocycles. The molecule has 0 saturated carbocycles. The summed E-state index contributed by atoms with van der Waals surface area (Å²) in [7, 11) is 0. The molecule has 0 unspecified atom stereocenters. The maximum absolute atomic E-state index is 6.32. The van der Waals surface area contributed by atoms with Gasteiger partial charge in [0.2, 0.25) is 0 Å². The van der Waals surface area contributed by atoms with E-state index < -0.39 is 0 Å². The predicted octanol–water partition coefficient (Wildman–Crippen LogP) is 14.2. The summed E-state index contributed by atoms with van der Waals surface area (Å²) in [6, 6.07) is 68.9. The van der Waals surface area contributed by atoms with Gasteiger partial charge >= 0.3 is 0 Å². The van der Waals surface area contributed by atoms with Crippen LogP contribution < -0.4 is 0 Å². The second-order valence-electron chi connectivity index (χ2n) is 15.3. The zero-order valence-corrected chi connectivity index (χ0v) is 31.7. The van der Waals surface area contributed by atoms with Gasteiger partial charge in [0.25, 0.3) is 0 Å². The van der Waals surface area contributed by atoms with Crippen molar-refractivity contribution in [1.82, 2.24) is 19.1 Å². The fourth-order valence-electron chi connectivity index (χ4n) is 9.57. The van der Waals surface area contributed by atoms with Crippen molar-refractivity contribution in [3.8, 4) is 33.9 Å². The van der Waals surface area contributed by atoms with E-state index in [4.69, 9.17) is 14.4 Å². The molecule has 4 aromatic heterocycles. The number of aromatic nitrogens is 4. The molecule has 5 heteroatoms. The van der Waals surface area contributed by atoms with Crippen molar-refractivity contribution < 1.29 is 4.42 Å². The minimum atomic E-state index is 0.827. The summed E-state index contributed by atoms with van der Waals surface area (Å²) < 4.78 is 11.2. The van der Waals surface area contributed by atoms with Crippen LogP contribution in [0, 0.1) is 0 Å². The van der Waals surface area contributed by atoms with Gasteiger partial charge in [-0.15, -0.1) is 0 Å². The Morgan fingerprint density at radius 1 is 0.373 bits per heavy atom. The standard InChI is InChI=1S/C54H32N4O/c1-2-15-36-34(14-1)32-47-51(54(36)58-44-23-9-3-16-37(44)38-17-4-10-24-45(38)58)39-18-5-11-25-46(39)57(47)35-30-28-33(29-31-35)52-53(56-43-22-8-7-21-42(43)55-52)41-20-13-27-49-50(41)40-19-6-12-26-48(40)59-49/h1-32H. The third-order valence-electron chi connectivity index (χ3n) is 12.1. The molecule has 13 rings (SSSR count). The molecule has 0 fully saturated rings. The highest BCUT2D eigenvalue weighted by Crippen LogP contribution is 2.44. The molecule has 0 aliphatic heterocycles. The number of para-hydroxylation sites is 6. The molecule has 0 atom stereocenters. The Hall–Kier alpha value is -8.02. The summed E-state index contributed by atoms with van der Waals surface area (Å²) >= 11 is 0. The summed E-state index contributed by atoms with van der Waals surface area (Å²) in [6.45, 7) is 0. The normalized spacial score (nSPS) is 12.1. The first-order valence-electron chi connectivity index (χ1n) is 20.0. The van der Waals surface area contributed by atoms with Crippen molar-refractivity contribution in [1.29, 1.82) is 0 Å². The molecule has 0 bridgehead atoms. The molecule has 0 spiro atoms. The van der Waals surface area contributed by atoms with Crippen molar-refractivity contribution in [2.45, 2.75) is 0 Å². The Bertz CT molecular complexity index is 3800. The van der Waals surface area contributed by atoms with Gasteiger partial charge in [0.1, 0.15) is 11.2 Å². The number of fused-ring (bicyclic) bond motifs is 11. The van der Waals surface area contributed by atoms with Gasteiger partial charge in [-0.3, -0.25) is 0 Å². The molecule has 4 heterocycles. The van der Waals surface area contributed by atoms with Gasteiger partial charge in [0.05, 0.1) is 50.2 Å². The zero-order chi connectivity index (χ0) is 38.6. The fourth-order valence-corrected chi connectivity index (χ4v) is 9.57. The maximum atomic E-state index is 6.32. The molecular formula is C54H32N4O. The third kappa shape index (κ3) is 4.61. The predicted molar refractivity (Wildman–Crippen MR) is 244 cm³/mol. The van der Waals surface area contributed by atoms with Crippen LogP contribution in [-0.4, -0.2) is 19.1 Å². The van der Waals surface area contributed by atoms with E-state index in [1.165, 1.54) is 49.0 Å². The highest BCUT2D eigenvalue weighted by Gasteiger charge is 2.23. The maximum Gasteiger partial charge on any atom is 0.136 e. The number of rotatable bonds is 4. The number of benzene rings is 9. The molecular weight excluding hydrogens is 721 g/mol. The molecule has 0 saturated heterocycles. The largest absolute Gasteiger partial charge is 0.456 e. The molecule has 0 amide bonds. The van der Waals surface area contributed by atoms with Crippen LogP contribution in [0.2, 0.25) is 0 Å². The van der Waals surface area contributed by atoms with Gasteiger partial charge in [-0.2, -0.15) is 0 Å². The molecule has 13 aromatic rings. The van der Waals surface area contributed by atoms with Crippen LogP contribution in [-0.2, 0) is 0 Å². The lowest BCUT2D eigenvalue weighted by Crippen LogP contribution is -1.99. The lowest BCUT2D eigenvalue weighted by atomic mass is 9.98. The average Bonchev–Trinajstić information content (AvgIpc) is 3.96. The third-order valence-corrected chi connectivity index (χ3v) is 12.1. The average molecular weight is 753 g/mol. The molecule has 5 nitrogen and oxygen atoms in total. The Morgan fingerprint density at radius 2 is 0.932 bits per heavy atom. The van der Waals surface area contributed by atoms with Gasteiger partial charge in [-0.1, -0.05) is 133 Å². The summed E-state index contributed by atoms with van der Waals surface area (Å²) in [5.41, 5.74) is 14.0. The number of nitrogens with zero attached hydrogens (tertiary/aromatic N) is 4. The quantitative estimate of drug-likeness (QED) is 0.180. The van der Waals surface area contributed by atoms with Crippen LogP contribution in [0.15, 0.2) is 199 Å². The van der Waals surface area contributed by atoms with Gasteiger partial charge < -0.3 is 13.6 Å². The van der Waals surface area contributed by atoms with Gasteiger partial charge in [-0.25, -0.2) is 9.97 Å². The number of furan rings is 1. The molecule has 0 radical (unpaired) electrons. The summed E-state index contributed by atoms with van der Waals surface area (Å²) in [5, 5.41) is 9.43. The Morgan fingerprint density at radius 3 is 1.66 bits per heavy atom. The molecule has 59 heavy (non-hydrogen) atoms. The molecule has 274 valence electrons. The van der Waals surface area contributed by atoms with E-state index in [9.17, 15) is 0 Å². The molecule has 0 aliphatic rings. The Labute approximate surface area is 337 Å². The first kappa shape index (κ1) is 32.1. The van der Waals surface area contributed by atoms with E-state index in [0.29, 0.717) is 0 Å². The monoisotopic (exact) mass is 752 g/mol. The summed E-state index contributed by atoms with van der Waals surface area (Å²) in [4.78, 5) is 10.6. The highest BCUT2D eigenvalue weighted by molar-refractivity contribution is 6.22. The first-order chi connectivity index (χ1) is 29.3. The van der Waals surface area contributed by atoms with E-state index in [1.807, 2.05) is 48.5 Å². The van der Waals surface area contributed by atoms with Crippen molar-refractivity contribution >= 4 is 87.4 Å². The van der Waals surface area contributed by atoms with Crippen LogP contribution in [0.4, 0.5) is 0 Å². The van der Waals surface area contributed by atoms with Crippen LogP contribution in [0.25, 0.3) is 121 Å². The van der Waals surface area contributed by atoms with Crippen LogP contribution in [0.5, 0.6) is 0 Å². The molecule has 9 aromatic carbocycles. The smallest absolute Gasteiger partial charge is 0.136 e. The zero-order valence-electron chi connectivity index (χ0n) is 31.7. The topological polar surface area (TPSA) is 48.8 Å². The van der Waals surface area contributed by atoms with Crippen molar-refractivity contribution in [3.05, 3.63) is 194 Å². The minimum Gasteiger partial charge on any atom is -0.456 e. The molecule has 0 N–H and O–H groups in total. The highest BCUT2D eigenvalue weighted by atomic mass is 16.3. The Kier molecular flexibility index (Phi) is 6.66. The van der Waals surface area contributed by atoms with Crippen molar-refractivity contribution in [2.75, 3.05) is 0 Å². The lowest BCUT2D eigenvalue weighted by molar-refractivity contribution is 0.669. The van der Waals surface area contributed by atoms with Crippen LogP contribution in [0.1, 0.15) is 0 Å². The summed E-state index contributed by atoms with van der Waals surface area (Å²) in [5.74, 6) is 0. The number of hydrogen-bond acceptors (Lipinski definition) is 3. The van der Waals surface area contributed by atoms with Gasteiger partial charge in [0.15, 0.2) is 0 Å². The van der Waals surface area contributed by atoms with E-state index in [2.05, 4.69) is 155 Å². The van der Waals surface area contributed by atoms with E-state index in [0.717, 1.165) is 72.2 Å². The second-order valence-corrected chi connectivity index (χ2v) is 15.3. The van der Waals surface area contributed by atoms with Crippen molar-refractivity contribution in [2.24, 2.45) is 0 Å². The summed E-state index contributed by atoms with van der Waals surface area (Å²) in [6.07, 6.45) is 0. The SMILES string of the molecule is c1ccc2c(-n3c4ccccc4c4ccccc43)c3c4ccccc4n(-c4ccc(-c5nc6ccccc6nc5-c5cccc6oc7ccccc7c56)cc4)c3cc2c1. The van der Waals surface area contributed by atoms with Crippen LogP contribution >= 0.6 is 0 Å².